The van der Waals surface area contributed by atoms with Gasteiger partial charge in [-0.05, 0) is 20.8 Å². The van der Waals surface area contributed by atoms with Crippen molar-refractivity contribution in [1.82, 2.24) is 9.55 Å². The van der Waals surface area contributed by atoms with Gasteiger partial charge >= 0.3 is 0 Å². The second kappa shape index (κ2) is 2.73. The molecule has 1 rings (SSSR count). The summed E-state index contributed by atoms with van der Waals surface area (Å²) in [5.74, 6) is 0.140. The van der Waals surface area contributed by atoms with Crippen molar-refractivity contribution in [3.8, 4) is 0 Å². The van der Waals surface area contributed by atoms with E-state index in [2.05, 4.69) is 4.98 Å². The Bertz CT molecular complexity index is 299. The molecule has 12 heavy (non-hydrogen) atoms. The average Bonchev–Trinajstić information content (AvgIpc) is 2.35. The minimum Gasteiger partial charge on any atom is -0.340 e. The highest BCUT2D eigenvalue weighted by atomic mass is 16.1. The molecule has 1 heterocycles. The largest absolute Gasteiger partial charge is 0.340 e. The first kappa shape index (κ1) is 8.97. The smallest absolute Gasteiger partial charge is 0.141 e. The number of rotatable bonds is 2. The van der Waals surface area contributed by atoms with E-state index in [1.54, 1.807) is 13.3 Å². The number of aromatic nitrogens is 2. The zero-order valence-corrected chi connectivity index (χ0v) is 7.96. The van der Waals surface area contributed by atoms with E-state index in [9.17, 15) is 4.79 Å². The van der Waals surface area contributed by atoms with Gasteiger partial charge in [0, 0.05) is 13.2 Å². The minimum atomic E-state index is -0.457. The molecule has 0 aliphatic carbocycles. The van der Waals surface area contributed by atoms with Crippen molar-refractivity contribution in [1.29, 1.82) is 0 Å². The van der Waals surface area contributed by atoms with E-state index in [4.69, 9.17) is 0 Å². The molecular weight excluding hydrogens is 152 g/mol. The van der Waals surface area contributed by atoms with Gasteiger partial charge in [-0.25, -0.2) is 4.98 Å². The zero-order valence-electron chi connectivity index (χ0n) is 7.96. The molecule has 0 fully saturated rings. The van der Waals surface area contributed by atoms with Gasteiger partial charge in [0.15, 0.2) is 0 Å². The predicted molar refractivity (Wildman–Crippen MR) is 46.9 cm³/mol. The third kappa shape index (κ3) is 1.40. The number of carbonyl (C=O) groups is 1. The second-order valence-electron chi connectivity index (χ2n) is 3.61. The Morgan fingerprint density at radius 3 is 2.50 bits per heavy atom. The normalized spacial score (nSPS) is 11.7. The molecule has 0 aromatic carbocycles. The van der Waals surface area contributed by atoms with Crippen molar-refractivity contribution in [2.45, 2.75) is 26.2 Å². The topological polar surface area (TPSA) is 34.9 Å². The number of nitrogens with zero attached hydrogens (tertiary/aromatic N) is 2. The maximum absolute atomic E-state index is 11.2. The molecule has 1 aromatic heterocycles. The molecule has 3 nitrogen and oxygen atoms in total. The number of hydrogen-bond donors (Lipinski definition) is 0. The number of aryl methyl sites for hydroxylation is 1. The molecule has 3 heteroatoms. The summed E-state index contributed by atoms with van der Waals surface area (Å²) in [6.45, 7) is 5.37. The van der Waals surface area contributed by atoms with Gasteiger partial charge in [0.25, 0.3) is 0 Å². The van der Waals surface area contributed by atoms with Crippen LogP contribution >= 0.6 is 0 Å². The van der Waals surface area contributed by atoms with Crippen LogP contribution in [0, 0.1) is 0 Å². The van der Waals surface area contributed by atoms with Crippen LogP contribution in [-0.2, 0) is 17.3 Å². The molecule has 0 radical (unpaired) electrons. The van der Waals surface area contributed by atoms with Gasteiger partial charge in [-0.15, -0.1) is 0 Å². The summed E-state index contributed by atoms with van der Waals surface area (Å²) < 4.78 is 1.85. The highest BCUT2D eigenvalue weighted by Gasteiger charge is 2.28. The van der Waals surface area contributed by atoms with Gasteiger partial charge in [-0.3, -0.25) is 4.79 Å². The van der Waals surface area contributed by atoms with Crippen LogP contribution in [0.25, 0.3) is 0 Å². The Morgan fingerprint density at radius 1 is 1.58 bits per heavy atom. The summed E-state index contributed by atoms with van der Waals surface area (Å²) in [5, 5.41) is 0. The number of ketones is 1. The predicted octanol–water partition coefficient (Wildman–Crippen LogP) is 1.29. The van der Waals surface area contributed by atoms with E-state index in [-0.39, 0.29) is 5.78 Å². The molecule has 0 amide bonds. The number of imidazole rings is 1. The lowest BCUT2D eigenvalue weighted by molar-refractivity contribution is -0.121. The van der Waals surface area contributed by atoms with Crippen LogP contribution < -0.4 is 0 Å². The van der Waals surface area contributed by atoms with Crippen LogP contribution in [0.3, 0.4) is 0 Å². The van der Waals surface area contributed by atoms with Gasteiger partial charge in [0.2, 0.25) is 0 Å². The molecule has 0 aliphatic heterocycles. The molecule has 0 aliphatic rings. The Morgan fingerprint density at radius 2 is 2.17 bits per heavy atom. The van der Waals surface area contributed by atoms with Crippen molar-refractivity contribution >= 4 is 5.78 Å². The van der Waals surface area contributed by atoms with Crippen LogP contribution in [-0.4, -0.2) is 15.3 Å². The van der Waals surface area contributed by atoms with Crippen molar-refractivity contribution < 1.29 is 4.79 Å². The van der Waals surface area contributed by atoms with Gasteiger partial charge in [0.05, 0.1) is 17.4 Å². The first-order valence-corrected chi connectivity index (χ1v) is 3.94. The van der Waals surface area contributed by atoms with E-state index in [0.717, 1.165) is 5.69 Å². The maximum atomic E-state index is 11.2. The molecule has 66 valence electrons. The first-order valence-electron chi connectivity index (χ1n) is 3.94. The van der Waals surface area contributed by atoms with Crippen LogP contribution in [0.15, 0.2) is 12.5 Å². The molecule has 0 atom stereocenters. The Balaban J connectivity index is 3.05. The number of hydrogen-bond acceptors (Lipinski definition) is 2. The third-order valence-corrected chi connectivity index (χ3v) is 2.23. The highest BCUT2D eigenvalue weighted by Crippen LogP contribution is 2.21. The summed E-state index contributed by atoms with van der Waals surface area (Å²) in [7, 11) is 1.90. The summed E-state index contributed by atoms with van der Waals surface area (Å²) in [6.07, 6.45) is 3.58. The Hall–Kier alpha value is -1.12. The quantitative estimate of drug-likeness (QED) is 0.663. The van der Waals surface area contributed by atoms with Crippen molar-refractivity contribution in [3.05, 3.63) is 18.2 Å². The monoisotopic (exact) mass is 166 g/mol. The van der Waals surface area contributed by atoms with Crippen molar-refractivity contribution in [3.63, 3.8) is 0 Å². The number of carbonyl (C=O) groups excluding carboxylic acids is 1. The highest BCUT2D eigenvalue weighted by molar-refractivity contribution is 5.86. The molecule has 1 aromatic rings. The van der Waals surface area contributed by atoms with Crippen molar-refractivity contribution in [2.24, 2.45) is 7.05 Å². The number of Topliss-reactive ketones (excluding diaryl/α,β-unsaturated/α-hetero) is 1. The summed E-state index contributed by atoms with van der Waals surface area (Å²) in [4.78, 5) is 15.4. The Kier molecular flexibility index (Phi) is 2.04. The average molecular weight is 166 g/mol. The van der Waals surface area contributed by atoms with Crippen LogP contribution in [0.4, 0.5) is 0 Å². The summed E-state index contributed by atoms with van der Waals surface area (Å²) in [6, 6.07) is 0. The minimum absolute atomic E-state index is 0.140. The standard InChI is InChI=1S/C9H14N2O/c1-7(12)9(2,3)8-5-11(4)6-10-8/h5-6H,1-4H3. The lowest BCUT2D eigenvalue weighted by Crippen LogP contribution is -2.26. The van der Waals surface area contributed by atoms with E-state index < -0.39 is 5.41 Å². The zero-order chi connectivity index (χ0) is 9.35. The molecule has 0 spiro atoms. The summed E-state index contributed by atoms with van der Waals surface area (Å²) >= 11 is 0. The third-order valence-electron chi connectivity index (χ3n) is 2.23. The van der Waals surface area contributed by atoms with Crippen LogP contribution in [0.5, 0.6) is 0 Å². The summed E-state index contributed by atoms with van der Waals surface area (Å²) in [5.41, 5.74) is 0.374. The van der Waals surface area contributed by atoms with Gasteiger partial charge < -0.3 is 4.57 Å². The van der Waals surface area contributed by atoms with E-state index >= 15 is 0 Å². The fourth-order valence-electron chi connectivity index (χ4n) is 0.916. The second-order valence-corrected chi connectivity index (χ2v) is 3.61. The molecule has 0 N–H and O–H groups in total. The van der Waals surface area contributed by atoms with E-state index in [1.165, 1.54) is 0 Å². The molecule has 0 saturated carbocycles. The van der Waals surface area contributed by atoms with Gasteiger partial charge in [-0.1, -0.05) is 0 Å². The van der Waals surface area contributed by atoms with Crippen molar-refractivity contribution in [2.75, 3.05) is 0 Å². The van der Waals surface area contributed by atoms with E-state index in [0.29, 0.717) is 0 Å². The maximum Gasteiger partial charge on any atom is 0.141 e. The van der Waals surface area contributed by atoms with Crippen LogP contribution in [0.1, 0.15) is 26.5 Å². The lowest BCUT2D eigenvalue weighted by Gasteiger charge is -2.17. The van der Waals surface area contributed by atoms with Gasteiger partial charge in [0.1, 0.15) is 5.78 Å². The fourth-order valence-corrected chi connectivity index (χ4v) is 0.916. The molecule has 0 saturated heterocycles. The Labute approximate surface area is 72.4 Å². The lowest BCUT2D eigenvalue weighted by atomic mass is 9.86. The van der Waals surface area contributed by atoms with Crippen LogP contribution in [0.2, 0.25) is 0 Å². The first-order chi connectivity index (χ1) is 5.44. The SMILES string of the molecule is CC(=O)C(C)(C)c1cn(C)cn1. The molecular formula is C9H14N2O. The fraction of sp³-hybridized carbons (Fsp3) is 0.556. The van der Waals surface area contributed by atoms with E-state index in [1.807, 2.05) is 31.7 Å². The molecule has 0 unspecified atom stereocenters. The van der Waals surface area contributed by atoms with Gasteiger partial charge in [-0.2, -0.15) is 0 Å². The molecule has 0 bridgehead atoms.